The molecular formula is C14H11N3OS. The van der Waals surface area contributed by atoms with Crippen LogP contribution < -0.4 is 0 Å². The Morgan fingerprint density at radius 1 is 1.32 bits per heavy atom. The Morgan fingerprint density at radius 3 is 3.05 bits per heavy atom. The molecule has 2 aromatic heterocycles. The van der Waals surface area contributed by atoms with E-state index in [1.54, 1.807) is 12.4 Å². The molecule has 0 aliphatic heterocycles. The van der Waals surface area contributed by atoms with E-state index in [4.69, 9.17) is 0 Å². The summed E-state index contributed by atoms with van der Waals surface area (Å²) in [6.45, 7) is 1.97. The van der Waals surface area contributed by atoms with Gasteiger partial charge in [-0.25, -0.2) is 0 Å². The largest absolute Gasteiger partial charge is 0.288 e. The minimum absolute atomic E-state index is 0.0105. The number of aryl methyl sites for hydroxylation is 1. The van der Waals surface area contributed by atoms with E-state index in [1.165, 1.54) is 0 Å². The lowest BCUT2D eigenvalue weighted by atomic mass is 10.0. The predicted octanol–water partition coefficient (Wildman–Crippen LogP) is 2.88. The molecule has 0 N–H and O–H groups in total. The van der Waals surface area contributed by atoms with Crippen LogP contribution in [0.25, 0.3) is 10.8 Å². The highest BCUT2D eigenvalue weighted by atomic mass is 32.1. The number of ketones is 1. The molecule has 3 aromatic rings. The van der Waals surface area contributed by atoms with E-state index in [9.17, 15) is 4.79 Å². The zero-order valence-corrected chi connectivity index (χ0v) is 11.1. The van der Waals surface area contributed by atoms with Crippen molar-refractivity contribution in [2.75, 3.05) is 0 Å². The average Bonchev–Trinajstić information content (AvgIpc) is 2.94. The van der Waals surface area contributed by atoms with Crippen molar-refractivity contribution in [2.24, 2.45) is 0 Å². The topological polar surface area (TPSA) is 55.7 Å². The van der Waals surface area contributed by atoms with Crippen LogP contribution in [0.4, 0.5) is 0 Å². The second-order valence-electron chi connectivity index (χ2n) is 4.13. The number of hydrogen-bond donors (Lipinski definition) is 0. The zero-order valence-electron chi connectivity index (χ0n) is 10.3. The van der Waals surface area contributed by atoms with Gasteiger partial charge in [0, 0.05) is 23.3 Å². The molecule has 19 heavy (non-hydrogen) atoms. The van der Waals surface area contributed by atoms with Gasteiger partial charge in [0.05, 0.1) is 5.69 Å². The lowest BCUT2D eigenvalue weighted by Crippen LogP contribution is -2.03. The van der Waals surface area contributed by atoms with Crippen LogP contribution >= 0.6 is 11.5 Å². The van der Waals surface area contributed by atoms with Crippen molar-refractivity contribution in [1.82, 2.24) is 14.6 Å². The summed E-state index contributed by atoms with van der Waals surface area (Å²) in [5.74, 6) is -0.0105. The second kappa shape index (κ2) is 4.85. The molecule has 2 heterocycles. The molecule has 0 spiro atoms. The summed E-state index contributed by atoms with van der Waals surface area (Å²) in [5, 5.41) is 5.87. The van der Waals surface area contributed by atoms with Crippen molar-refractivity contribution in [3.05, 3.63) is 52.8 Å². The molecule has 94 valence electrons. The van der Waals surface area contributed by atoms with Crippen LogP contribution in [-0.4, -0.2) is 20.4 Å². The van der Waals surface area contributed by atoms with Crippen molar-refractivity contribution >= 4 is 28.1 Å². The monoisotopic (exact) mass is 269 g/mol. The van der Waals surface area contributed by atoms with Gasteiger partial charge in [-0.1, -0.05) is 29.6 Å². The quantitative estimate of drug-likeness (QED) is 0.686. The highest BCUT2D eigenvalue weighted by molar-refractivity contribution is 7.08. The SMILES string of the molecule is CCc1nnsc1C(=O)c1cccc2cnccc12. The summed E-state index contributed by atoms with van der Waals surface area (Å²) < 4.78 is 3.88. The standard InChI is InChI=1S/C14H11N3OS/c1-2-12-14(19-17-16-12)13(18)11-5-3-4-9-8-15-7-6-10(9)11/h3-8H,2H2,1H3. The molecule has 0 saturated heterocycles. The Bertz CT molecular complexity index is 746. The van der Waals surface area contributed by atoms with E-state index >= 15 is 0 Å². The summed E-state index contributed by atoms with van der Waals surface area (Å²) in [7, 11) is 0. The molecule has 0 unspecified atom stereocenters. The van der Waals surface area contributed by atoms with Gasteiger partial charge in [-0.05, 0) is 29.4 Å². The first kappa shape index (κ1) is 11.9. The number of carbonyl (C=O) groups is 1. The van der Waals surface area contributed by atoms with Crippen molar-refractivity contribution in [1.29, 1.82) is 0 Å². The fourth-order valence-electron chi connectivity index (χ4n) is 2.06. The maximum Gasteiger partial charge on any atom is 0.207 e. The summed E-state index contributed by atoms with van der Waals surface area (Å²) in [6.07, 6.45) is 4.17. The first-order valence-corrected chi connectivity index (χ1v) is 6.77. The third-order valence-electron chi connectivity index (χ3n) is 3.02. The number of hydrogen-bond acceptors (Lipinski definition) is 5. The van der Waals surface area contributed by atoms with Gasteiger partial charge < -0.3 is 0 Å². The van der Waals surface area contributed by atoms with Crippen LogP contribution in [0.3, 0.4) is 0 Å². The lowest BCUT2D eigenvalue weighted by molar-refractivity contribution is 0.104. The molecule has 0 saturated carbocycles. The molecule has 0 amide bonds. The highest BCUT2D eigenvalue weighted by Gasteiger charge is 2.18. The number of fused-ring (bicyclic) bond motifs is 1. The smallest absolute Gasteiger partial charge is 0.207 e. The van der Waals surface area contributed by atoms with Crippen molar-refractivity contribution < 1.29 is 4.79 Å². The summed E-state index contributed by atoms with van der Waals surface area (Å²) in [5.41, 5.74) is 1.45. The van der Waals surface area contributed by atoms with Crippen molar-refractivity contribution in [2.45, 2.75) is 13.3 Å². The minimum atomic E-state index is -0.0105. The van der Waals surface area contributed by atoms with E-state index in [0.717, 1.165) is 28.0 Å². The molecule has 0 aliphatic rings. The third-order valence-corrected chi connectivity index (χ3v) is 3.79. The Morgan fingerprint density at radius 2 is 2.21 bits per heavy atom. The fraction of sp³-hybridized carbons (Fsp3) is 0.143. The van der Waals surface area contributed by atoms with Gasteiger partial charge in [0.2, 0.25) is 5.78 Å². The molecule has 4 nitrogen and oxygen atoms in total. The van der Waals surface area contributed by atoms with Crippen LogP contribution in [0.1, 0.15) is 27.9 Å². The number of benzene rings is 1. The Balaban J connectivity index is 2.17. The minimum Gasteiger partial charge on any atom is -0.288 e. The first-order chi connectivity index (χ1) is 9.31. The molecule has 0 aliphatic carbocycles. The zero-order chi connectivity index (χ0) is 13.2. The van der Waals surface area contributed by atoms with Gasteiger partial charge in [0.1, 0.15) is 4.88 Å². The van der Waals surface area contributed by atoms with Gasteiger partial charge in [-0.2, -0.15) is 0 Å². The predicted molar refractivity (Wildman–Crippen MR) is 74.5 cm³/mol. The van der Waals surface area contributed by atoms with E-state index < -0.39 is 0 Å². The van der Waals surface area contributed by atoms with Gasteiger partial charge in [0.15, 0.2) is 0 Å². The van der Waals surface area contributed by atoms with Crippen LogP contribution in [-0.2, 0) is 6.42 Å². The Hall–Kier alpha value is -2.14. The molecule has 0 atom stereocenters. The maximum absolute atomic E-state index is 12.6. The normalized spacial score (nSPS) is 10.8. The molecular weight excluding hydrogens is 258 g/mol. The molecule has 0 bridgehead atoms. The van der Waals surface area contributed by atoms with E-state index in [0.29, 0.717) is 16.9 Å². The molecule has 0 fully saturated rings. The van der Waals surface area contributed by atoms with Gasteiger partial charge in [-0.15, -0.1) is 5.10 Å². The number of rotatable bonds is 3. The molecule has 1 aromatic carbocycles. The van der Waals surface area contributed by atoms with Crippen LogP contribution in [0.15, 0.2) is 36.7 Å². The van der Waals surface area contributed by atoms with E-state index in [2.05, 4.69) is 14.6 Å². The molecule has 0 radical (unpaired) electrons. The first-order valence-electron chi connectivity index (χ1n) is 6.00. The summed E-state index contributed by atoms with van der Waals surface area (Å²) >= 11 is 1.16. The Labute approximate surface area is 114 Å². The number of carbonyl (C=O) groups excluding carboxylic acids is 1. The van der Waals surface area contributed by atoms with Crippen LogP contribution in [0.2, 0.25) is 0 Å². The third kappa shape index (κ3) is 2.02. The average molecular weight is 269 g/mol. The maximum atomic E-state index is 12.6. The van der Waals surface area contributed by atoms with Crippen molar-refractivity contribution in [3.8, 4) is 0 Å². The lowest BCUT2D eigenvalue weighted by Gasteiger charge is -2.04. The van der Waals surface area contributed by atoms with Gasteiger partial charge in [0.25, 0.3) is 0 Å². The number of nitrogens with zero attached hydrogens (tertiary/aromatic N) is 3. The van der Waals surface area contributed by atoms with Crippen molar-refractivity contribution in [3.63, 3.8) is 0 Å². The highest BCUT2D eigenvalue weighted by Crippen LogP contribution is 2.23. The summed E-state index contributed by atoms with van der Waals surface area (Å²) in [6, 6.07) is 7.52. The van der Waals surface area contributed by atoms with E-state index in [1.807, 2.05) is 31.2 Å². The number of aromatic nitrogens is 3. The van der Waals surface area contributed by atoms with Crippen LogP contribution in [0.5, 0.6) is 0 Å². The van der Waals surface area contributed by atoms with Gasteiger partial charge >= 0.3 is 0 Å². The molecule has 3 rings (SSSR count). The van der Waals surface area contributed by atoms with Crippen LogP contribution in [0, 0.1) is 0 Å². The fourth-order valence-corrected chi connectivity index (χ4v) is 2.76. The second-order valence-corrected chi connectivity index (χ2v) is 4.89. The molecule has 5 heteroatoms. The summed E-state index contributed by atoms with van der Waals surface area (Å²) in [4.78, 5) is 17.3. The number of pyridine rings is 1. The van der Waals surface area contributed by atoms with Gasteiger partial charge in [-0.3, -0.25) is 9.78 Å². The van der Waals surface area contributed by atoms with E-state index in [-0.39, 0.29) is 5.78 Å². The Kier molecular flexibility index (Phi) is 3.05.